The Bertz CT molecular complexity index is 1690. The summed E-state index contributed by atoms with van der Waals surface area (Å²) in [5.41, 5.74) is 8.27. The first-order valence-corrected chi connectivity index (χ1v) is 13.6. The number of hydrogen-bond donors (Lipinski definition) is 0. The molecule has 0 aromatic heterocycles. The van der Waals surface area contributed by atoms with Gasteiger partial charge in [-0.05, 0) is 94.1 Å². The van der Waals surface area contributed by atoms with Gasteiger partial charge in [0, 0.05) is 5.41 Å². The van der Waals surface area contributed by atoms with Crippen LogP contribution in [0.5, 0.6) is 0 Å². The van der Waals surface area contributed by atoms with Crippen LogP contribution in [-0.2, 0) is 14.7 Å². The molecule has 0 radical (unpaired) electrons. The van der Waals surface area contributed by atoms with Gasteiger partial charge in [0.25, 0.3) is 0 Å². The van der Waals surface area contributed by atoms with Gasteiger partial charge in [0.2, 0.25) is 0 Å². The van der Waals surface area contributed by atoms with Crippen molar-refractivity contribution in [3.05, 3.63) is 102 Å². The van der Waals surface area contributed by atoms with E-state index in [0.717, 1.165) is 5.46 Å². The van der Waals surface area contributed by atoms with Crippen LogP contribution in [0.3, 0.4) is 0 Å². The van der Waals surface area contributed by atoms with Crippen LogP contribution in [0.4, 0.5) is 0 Å². The molecule has 1 saturated heterocycles. The normalized spacial score (nSPS) is 18.6. The molecule has 1 heterocycles. The SMILES string of the molecule is CC1(C)c2ccccc2-c2ccc(-c3c4ccccc4c(B4OC(C)(C)C(C)(C)O4)c4ccccc34)cc21. The van der Waals surface area contributed by atoms with Crippen LogP contribution in [0, 0.1) is 0 Å². The Morgan fingerprint density at radius 2 is 1.03 bits per heavy atom. The summed E-state index contributed by atoms with van der Waals surface area (Å²) in [7, 11) is -0.433. The first-order valence-electron chi connectivity index (χ1n) is 13.6. The Morgan fingerprint density at radius 3 is 1.63 bits per heavy atom. The summed E-state index contributed by atoms with van der Waals surface area (Å²) in [4.78, 5) is 0. The fourth-order valence-electron chi connectivity index (χ4n) is 6.55. The van der Waals surface area contributed by atoms with E-state index in [1.807, 2.05) is 0 Å². The van der Waals surface area contributed by atoms with Crippen molar-refractivity contribution in [1.29, 1.82) is 0 Å². The lowest BCUT2D eigenvalue weighted by Crippen LogP contribution is -2.41. The van der Waals surface area contributed by atoms with E-state index in [0.29, 0.717) is 0 Å². The molecule has 5 aromatic carbocycles. The van der Waals surface area contributed by atoms with Crippen molar-refractivity contribution in [3.63, 3.8) is 0 Å². The van der Waals surface area contributed by atoms with Crippen molar-refractivity contribution in [2.75, 3.05) is 0 Å². The van der Waals surface area contributed by atoms with Gasteiger partial charge in [-0.2, -0.15) is 0 Å². The Morgan fingerprint density at radius 1 is 0.526 bits per heavy atom. The third-order valence-electron chi connectivity index (χ3n) is 9.33. The predicted octanol–water partition coefficient (Wildman–Crippen LogP) is 8.27. The summed E-state index contributed by atoms with van der Waals surface area (Å²) in [6, 6.07) is 33.4. The molecule has 2 nitrogen and oxygen atoms in total. The Kier molecular flexibility index (Phi) is 4.88. The maximum absolute atomic E-state index is 6.61. The maximum Gasteiger partial charge on any atom is 0.496 e. The van der Waals surface area contributed by atoms with Crippen LogP contribution in [0.2, 0.25) is 0 Å². The van der Waals surface area contributed by atoms with E-state index in [9.17, 15) is 0 Å². The van der Waals surface area contributed by atoms with Gasteiger partial charge in [-0.15, -0.1) is 0 Å². The first kappa shape index (κ1) is 23.7. The molecule has 0 amide bonds. The van der Waals surface area contributed by atoms with Crippen molar-refractivity contribution in [3.8, 4) is 22.3 Å². The second-order valence-electron chi connectivity index (χ2n) is 12.4. The second-order valence-corrected chi connectivity index (χ2v) is 12.4. The molecular weight excluding hydrogens is 463 g/mol. The molecule has 0 unspecified atom stereocenters. The third kappa shape index (κ3) is 3.15. The molecule has 1 aliphatic carbocycles. The lowest BCUT2D eigenvalue weighted by atomic mass is 9.71. The van der Waals surface area contributed by atoms with Crippen molar-refractivity contribution in [2.45, 2.75) is 58.2 Å². The van der Waals surface area contributed by atoms with Crippen molar-refractivity contribution < 1.29 is 9.31 Å². The Hall–Kier alpha value is -3.40. The van der Waals surface area contributed by atoms with Crippen LogP contribution in [0.25, 0.3) is 43.8 Å². The third-order valence-corrected chi connectivity index (χ3v) is 9.33. The van der Waals surface area contributed by atoms with Gasteiger partial charge in [-0.3, -0.25) is 0 Å². The van der Waals surface area contributed by atoms with Crippen LogP contribution in [0.15, 0.2) is 91.0 Å². The highest BCUT2D eigenvalue weighted by molar-refractivity contribution is 6.68. The van der Waals surface area contributed by atoms with Gasteiger partial charge < -0.3 is 9.31 Å². The van der Waals surface area contributed by atoms with E-state index in [-0.39, 0.29) is 5.41 Å². The van der Waals surface area contributed by atoms with Crippen LogP contribution >= 0.6 is 0 Å². The van der Waals surface area contributed by atoms with Gasteiger partial charge in [-0.1, -0.05) is 98.8 Å². The van der Waals surface area contributed by atoms with Crippen LogP contribution in [0.1, 0.15) is 52.7 Å². The minimum Gasteiger partial charge on any atom is -0.399 e. The summed E-state index contributed by atoms with van der Waals surface area (Å²) in [6.45, 7) is 13.2. The summed E-state index contributed by atoms with van der Waals surface area (Å²) in [5.74, 6) is 0. The molecule has 2 aliphatic rings. The summed E-state index contributed by atoms with van der Waals surface area (Å²) < 4.78 is 13.2. The highest BCUT2D eigenvalue weighted by atomic mass is 16.7. The van der Waals surface area contributed by atoms with Crippen molar-refractivity contribution in [2.24, 2.45) is 0 Å². The maximum atomic E-state index is 6.61. The Labute approximate surface area is 225 Å². The van der Waals surface area contributed by atoms with Crippen molar-refractivity contribution >= 4 is 34.1 Å². The molecule has 0 N–H and O–H groups in total. The number of rotatable bonds is 2. The topological polar surface area (TPSA) is 18.5 Å². The van der Waals surface area contributed by atoms with E-state index in [2.05, 4.69) is 133 Å². The van der Waals surface area contributed by atoms with Gasteiger partial charge in [-0.25, -0.2) is 0 Å². The summed E-state index contributed by atoms with van der Waals surface area (Å²) in [5, 5.41) is 4.82. The molecule has 38 heavy (non-hydrogen) atoms. The minimum atomic E-state index is -0.433. The number of fused-ring (bicyclic) bond motifs is 5. The summed E-state index contributed by atoms with van der Waals surface area (Å²) in [6.07, 6.45) is 0. The fourth-order valence-corrected chi connectivity index (χ4v) is 6.55. The molecule has 0 spiro atoms. The smallest absolute Gasteiger partial charge is 0.399 e. The molecule has 7 rings (SSSR count). The minimum absolute atomic E-state index is 0.0455. The Balaban J connectivity index is 1.51. The average Bonchev–Trinajstić information content (AvgIpc) is 3.26. The van der Waals surface area contributed by atoms with Crippen LogP contribution in [-0.4, -0.2) is 18.3 Å². The lowest BCUT2D eigenvalue weighted by Gasteiger charge is -2.32. The highest BCUT2D eigenvalue weighted by Gasteiger charge is 2.52. The quantitative estimate of drug-likeness (QED) is 0.181. The van der Waals surface area contributed by atoms with E-state index < -0.39 is 18.3 Å². The zero-order valence-corrected chi connectivity index (χ0v) is 23.1. The summed E-state index contributed by atoms with van der Waals surface area (Å²) >= 11 is 0. The number of benzene rings is 5. The molecule has 1 fully saturated rings. The first-order chi connectivity index (χ1) is 18.1. The standard InChI is InChI=1S/C35H33BO2/c1-33(2)29-18-12-11-13-23(29)24-20-19-22(21-30(24)33)31-25-14-7-9-16-27(25)32(28-17-10-8-15-26(28)31)36-37-34(3,4)35(5,6)38-36/h7-21H,1-6H3. The lowest BCUT2D eigenvalue weighted by molar-refractivity contribution is 0.00578. The van der Waals surface area contributed by atoms with E-state index >= 15 is 0 Å². The molecule has 0 bridgehead atoms. The second kappa shape index (κ2) is 7.82. The molecule has 5 aromatic rings. The van der Waals surface area contributed by atoms with E-state index in [4.69, 9.17) is 9.31 Å². The molecule has 188 valence electrons. The van der Waals surface area contributed by atoms with Crippen molar-refractivity contribution in [1.82, 2.24) is 0 Å². The molecule has 3 heteroatoms. The zero-order chi connectivity index (χ0) is 26.4. The van der Waals surface area contributed by atoms with Gasteiger partial charge in [0.1, 0.15) is 0 Å². The molecule has 0 atom stereocenters. The molecular formula is C35H33BO2. The van der Waals surface area contributed by atoms with E-state index in [1.165, 1.54) is 54.9 Å². The molecule has 0 saturated carbocycles. The van der Waals surface area contributed by atoms with Gasteiger partial charge >= 0.3 is 7.12 Å². The molecule has 1 aliphatic heterocycles. The largest absolute Gasteiger partial charge is 0.496 e. The zero-order valence-electron chi connectivity index (χ0n) is 23.1. The number of hydrogen-bond acceptors (Lipinski definition) is 2. The fraction of sp³-hybridized carbons (Fsp3) is 0.257. The monoisotopic (exact) mass is 496 g/mol. The predicted molar refractivity (Wildman–Crippen MR) is 160 cm³/mol. The average molecular weight is 496 g/mol. The van der Waals surface area contributed by atoms with E-state index in [1.54, 1.807) is 0 Å². The van der Waals surface area contributed by atoms with Gasteiger partial charge in [0.15, 0.2) is 0 Å². The highest BCUT2D eigenvalue weighted by Crippen LogP contribution is 2.50. The van der Waals surface area contributed by atoms with Crippen LogP contribution < -0.4 is 5.46 Å². The van der Waals surface area contributed by atoms with Gasteiger partial charge in [0.05, 0.1) is 11.2 Å².